The molecule has 4 nitrogen and oxygen atoms in total. The fourth-order valence-electron chi connectivity index (χ4n) is 2.01. The largest absolute Gasteiger partial charge is 0.491 e. The Morgan fingerprint density at radius 3 is 2.56 bits per heavy atom. The number of amides is 1. The standard InChI is InChI=1S/C18H18F3NO3/c1-2-10-24-16-9-4-3-8-15(16)22-17(23)12-25-14-7-5-6-13(11-14)18(19,20)21/h3-9,11H,2,10,12H2,1H3,(H,22,23). The predicted molar refractivity (Wildman–Crippen MR) is 87.8 cm³/mol. The van der Waals surface area contributed by atoms with Crippen LogP contribution in [0.25, 0.3) is 0 Å². The van der Waals surface area contributed by atoms with Gasteiger partial charge in [0.2, 0.25) is 0 Å². The molecule has 0 unspecified atom stereocenters. The molecule has 2 rings (SSSR count). The lowest BCUT2D eigenvalue weighted by atomic mass is 10.2. The van der Waals surface area contributed by atoms with Gasteiger partial charge in [-0.3, -0.25) is 4.79 Å². The Balaban J connectivity index is 1.96. The Labute approximate surface area is 143 Å². The SMILES string of the molecule is CCCOc1ccccc1NC(=O)COc1cccc(C(F)(F)F)c1. The monoisotopic (exact) mass is 353 g/mol. The molecule has 2 aromatic carbocycles. The van der Waals surface area contributed by atoms with Gasteiger partial charge in [0.05, 0.1) is 17.9 Å². The predicted octanol–water partition coefficient (Wildman–Crippen LogP) is 4.51. The average Bonchev–Trinajstić information content (AvgIpc) is 2.59. The molecule has 0 spiro atoms. The summed E-state index contributed by atoms with van der Waals surface area (Å²) in [6.45, 7) is 2.06. The Morgan fingerprint density at radius 1 is 1.08 bits per heavy atom. The van der Waals surface area contributed by atoms with Gasteiger partial charge in [0.1, 0.15) is 11.5 Å². The third-order valence-electron chi connectivity index (χ3n) is 3.15. The number of benzene rings is 2. The maximum atomic E-state index is 12.7. The minimum absolute atomic E-state index is 0.0273. The van der Waals surface area contributed by atoms with Gasteiger partial charge in [-0.05, 0) is 36.8 Å². The van der Waals surface area contributed by atoms with Gasteiger partial charge in [-0.1, -0.05) is 25.1 Å². The number of carbonyl (C=O) groups excluding carboxylic acids is 1. The summed E-state index contributed by atoms with van der Waals surface area (Å²) in [6.07, 6.45) is -3.64. The van der Waals surface area contributed by atoms with E-state index in [0.717, 1.165) is 18.6 Å². The van der Waals surface area contributed by atoms with Crippen LogP contribution < -0.4 is 14.8 Å². The number of halogens is 3. The summed E-state index contributed by atoms with van der Waals surface area (Å²) in [7, 11) is 0. The number of hydrogen-bond donors (Lipinski definition) is 1. The zero-order chi connectivity index (χ0) is 18.3. The molecule has 7 heteroatoms. The van der Waals surface area contributed by atoms with Crippen molar-refractivity contribution in [2.45, 2.75) is 19.5 Å². The van der Waals surface area contributed by atoms with Gasteiger partial charge in [0.25, 0.3) is 5.91 Å². The second kappa shape index (κ2) is 8.41. The van der Waals surface area contributed by atoms with E-state index in [4.69, 9.17) is 9.47 Å². The van der Waals surface area contributed by atoms with Crippen LogP contribution in [0.4, 0.5) is 18.9 Å². The highest BCUT2D eigenvalue weighted by Gasteiger charge is 2.30. The highest BCUT2D eigenvalue weighted by Crippen LogP contribution is 2.31. The normalized spacial score (nSPS) is 11.0. The van der Waals surface area contributed by atoms with Crippen molar-refractivity contribution < 1.29 is 27.4 Å². The lowest BCUT2D eigenvalue weighted by molar-refractivity contribution is -0.137. The third-order valence-corrected chi connectivity index (χ3v) is 3.15. The first-order chi connectivity index (χ1) is 11.9. The fourth-order valence-corrected chi connectivity index (χ4v) is 2.01. The third kappa shape index (κ3) is 5.70. The van der Waals surface area contributed by atoms with Crippen LogP contribution in [0.3, 0.4) is 0 Å². The van der Waals surface area contributed by atoms with E-state index in [2.05, 4.69) is 5.32 Å². The number of hydrogen-bond acceptors (Lipinski definition) is 3. The van der Waals surface area contributed by atoms with E-state index in [9.17, 15) is 18.0 Å². The van der Waals surface area contributed by atoms with E-state index in [-0.39, 0.29) is 5.75 Å². The van der Waals surface area contributed by atoms with Crippen LogP contribution in [0.1, 0.15) is 18.9 Å². The van der Waals surface area contributed by atoms with E-state index in [1.54, 1.807) is 24.3 Å². The van der Waals surface area contributed by atoms with Crippen molar-refractivity contribution in [2.75, 3.05) is 18.5 Å². The molecule has 1 N–H and O–H groups in total. The Hall–Kier alpha value is -2.70. The second-order valence-corrected chi connectivity index (χ2v) is 5.21. The number of anilines is 1. The molecule has 0 aliphatic rings. The van der Waals surface area contributed by atoms with Crippen LogP contribution in [0, 0.1) is 0 Å². The zero-order valence-corrected chi connectivity index (χ0v) is 13.6. The Morgan fingerprint density at radius 2 is 1.84 bits per heavy atom. The Bertz CT molecular complexity index is 717. The van der Waals surface area contributed by atoms with Gasteiger partial charge in [-0.2, -0.15) is 13.2 Å². The lowest BCUT2D eigenvalue weighted by Crippen LogP contribution is -2.20. The zero-order valence-electron chi connectivity index (χ0n) is 13.6. The van der Waals surface area contributed by atoms with Gasteiger partial charge < -0.3 is 14.8 Å². The molecular formula is C18H18F3NO3. The average molecular weight is 353 g/mol. The van der Waals surface area contributed by atoms with Crippen molar-refractivity contribution in [1.82, 2.24) is 0 Å². The molecule has 0 saturated carbocycles. The van der Waals surface area contributed by atoms with Gasteiger partial charge in [0, 0.05) is 0 Å². The van der Waals surface area contributed by atoms with Crippen LogP contribution in [0.5, 0.6) is 11.5 Å². The van der Waals surface area contributed by atoms with Crippen LogP contribution in [-0.2, 0) is 11.0 Å². The number of carbonyl (C=O) groups is 1. The highest BCUT2D eigenvalue weighted by molar-refractivity contribution is 5.93. The maximum Gasteiger partial charge on any atom is 0.416 e. The van der Waals surface area contributed by atoms with E-state index in [1.807, 2.05) is 6.92 Å². The molecule has 0 saturated heterocycles. The number of rotatable bonds is 7. The first-order valence-corrected chi connectivity index (χ1v) is 7.72. The summed E-state index contributed by atoms with van der Waals surface area (Å²) < 4.78 is 48.6. The minimum Gasteiger partial charge on any atom is -0.491 e. The summed E-state index contributed by atoms with van der Waals surface area (Å²) >= 11 is 0. The van der Waals surface area contributed by atoms with Crippen molar-refractivity contribution >= 4 is 11.6 Å². The van der Waals surface area contributed by atoms with Gasteiger partial charge >= 0.3 is 6.18 Å². The summed E-state index contributed by atoms with van der Waals surface area (Å²) in [5, 5.41) is 2.62. The second-order valence-electron chi connectivity index (χ2n) is 5.21. The molecule has 0 radical (unpaired) electrons. The van der Waals surface area contributed by atoms with Gasteiger partial charge in [0.15, 0.2) is 6.61 Å². The van der Waals surface area contributed by atoms with Crippen molar-refractivity contribution in [3.05, 3.63) is 54.1 Å². The summed E-state index contributed by atoms with van der Waals surface area (Å²) in [4.78, 5) is 12.0. The van der Waals surface area contributed by atoms with E-state index in [1.165, 1.54) is 12.1 Å². The molecular weight excluding hydrogens is 335 g/mol. The fraction of sp³-hybridized carbons (Fsp3) is 0.278. The van der Waals surface area contributed by atoms with E-state index < -0.39 is 24.3 Å². The summed E-state index contributed by atoms with van der Waals surface area (Å²) in [5.41, 5.74) is -0.350. The van der Waals surface area contributed by atoms with Crippen LogP contribution in [0.2, 0.25) is 0 Å². The lowest BCUT2D eigenvalue weighted by Gasteiger charge is -2.13. The first-order valence-electron chi connectivity index (χ1n) is 7.72. The van der Waals surface area contributed by atoms with Crippen LogP contribution in [-0.4, -0.2) is 19.1 Å². The first kappa shape index (κ1) is 18.6. The molecule has 0 atom stereocenters. The maximum absolute atomic E-state index is 12.7. The van der Waals surface area contributed by atoms with Gasteiger partial charge in [-0.25, -0.2) is 0 Å². The number of nitrogens with one attached hydrogen (secondary N) is 1. The molecule has 0 fully saturated rings. The molecule has 134 valence electrons. The minimum atomic E-state index is -4.46. The van der Waals surface area contributed by atoms with Crippen molar-refractivity contribution in [3.63, 3.8) is 0 Å². The number of alkyl halides is 3. The van der Waals surface area contributed by atoms with E-state index in [0.29, 0.717) is 18.0 Å². The molecule has 0 aromatic heterocycles. The topological polar surface area (TPSA) is 47.6 Å². The summed E-state index contributed by atoms with van der Waals surface area (Å²) in [6, 6.07) is 11.3. The molecule has 25 heavy (non-hydrogen) atoms. The van der Waals surface area contributed by atoms with Crippen LogP contribution in [0.15, 0.2) is 48.5 Å². The van der Waals surface area contributed by atoms with Crippen LogP contribution >= 0.6 is 0 Å². The van der Waals surface area contributed by atoms with Crippen molar-refractivity contribution in [1.29, 1.82) is 0 Å². The molecule has 0 aliphatic heterocycles. The molecule has 0 aliphatic carbocycles. The highest BCUT2D eigenvalue weighted by atomic mass is 19.4. The number of ether oxygens (including phenoxy) is 2. The van der Waals surface area contributed by atoms with Gasteiger partial charge in [-0.15, -0.1) is 0 Å². The quantitative estimate of drug-likeness (QED) is 0.797. The smallest absolute Gasteiger partial charge is 0.416 e. The Kier molecular flexibility index (Phi) is 6.27. The van der Waals surface area contributed by atoms with E-state index >= 15 is 0 Å². The van der Waals surface area contributed by atoms with Crippen molar-refractivity contribution in [3.8, 4) is 11.5 Å². The summed E-state index contributed by atoms with van der Waals surface area (Å²) in [5.74, 6) is 0.00206. The molecule has 0 bridgehead atoms. The molecule has 1 amide bonds. The molecule has 2 aromatic rings. The molecule has 0 heterocycles. The van der Waals surface area contributed by atoms with Crippen molar-refractivity contribution in [2.24, 2.45) is 0 Å². The number of para-hydroxylation sites is 2.